The molecule has 3 saturated heterocycles. The number of allylic oxidation sites excluding steroid dienone is 1. The molecule has 0 aromatic carbocycles. The SMILES string of the molecule is CO[C@H]1[C@H](C(C)(C)OCC=C(C)C)[C@]2(CC[C@H]1OC(=O)N1CC[C@@H](CCN3CC(F)(F)C3)C1)CO2. The van der Waals surface area contributed by atoms with Crippen molar-refractivity contribution in [2.75, 3.05) is 53.0 Å². The topological polar surface area (TPSA) is 63.8 Å². The molecule has 3 heterocycles. The summed E-state index contributed by atoms with van der Waals surface area (Å²) in [6, 6.07) is 0. The minimum atomic E-state index is -2.53. The van der Waals surface area contributed by atoms with Crippen LogP contribution < -0.4 is 0 Å². The van der Waals surface area contributed by atoms with E-state index in [9.17, 15) is 13.6 Å². The molecule has 0 aromatic heterocycles. The molecule has 5 atom stereocenters. The third-order valence-corrected chi connectivity index (χ3v) is 8.16. The lowest BCUT2D eigenvalue weighted by Crippen LogP contribution is -2.59. The summed E-state index contributed by atoms with van der Waals surface area (Å²) in [6.07, 6.45) is 4.22. The zero-order valence-electron chi connectivity index (χ0n) is 21.9. The molecule has 3 aliphatic heterocycles. The maximum Gasteiger partial charge on any atom is 0.410 e. The lowest BCUT2D eigenvalue weighted by molar-refractivity contribution is -0.173. The number of epoxide rings is 1. The van der Waals surface area contributed by atoms with E-state index in [1.54, 1.807) is 16.9 Å². The van der Waals surface area contributed by atoms with Gasteiger partial charge in [-0.25, -0.2) is 13.6 Å². The highest BCUT2D eigenvalue weighted by molar-refractivity contribution is 5.68. The molecule has 1 spiro atoms. The van der Waals surface area contributed by atoms with E-state index >= 15 is 0 Å². The predicted octanol–water partition coefficient (Wildman–Crippen LogP) is 4.11. The number of carbonyl (C=O) groups excluding carboxylic acids is 1. The molecule has 1 saturated carbocycles. The first kappa shape index (κ1) is 26.8. The summed E-state index contributed by atoms with van der Waals surface area (Å²) < 4.78 is 50.3. The molecule has 0 radical (unpaired) electrons. The monoisotopic (exact) mass is 500 g/mol. The molecule has 0 bridgehead atoms. The molecule has 4 fully saturated rings. The lowest BCUT2D eigenvalue weighted by atomic mass is 9.68. The molecular weight excluding hydrogens is 458 g/mol. The molecule has 9 heteroatoms. The van der Waals surface area contributed by atoms with Crippen molar-refractivity contribution < 1.29 is 32.5 Å². The molecule has 1 amide bonds. The van der Waals surface area contributed by atoms with E-state index in [0.29, 0.717) is 45.2 Å². The van der Waals surface area contributed by atoms with Crippen molar-refractivity contribution in [3.63, 3.8) is 0 Å². The number of hydrogen-bond donors (Lipinski definition) is 0. The Labute approximate surface area is 208 Å². The number of carbonyl (C=O) groups is 1. The van der Waals surface area contributed by atoms with Crippen molar-refractivity contribution in [1.82, 2.24) is 9.80 Å². The van der Waals surface area contributed by atoms with Crippen LogP contribution in [0.15, 0.2) is 11.6 Å². The maximum atomic E-state index is 13.1. The molecule has 1 aliphatic carbocycles. The molecule has 0 aromatic rings. The summed E-state index contributed by atoms with van der Waals surface area (Å²) in [7, 11) is 1.66. The van der Waals surface area contributed by atoms with Gasteiger partial charge < -0.3 is 23.8 Å². The van der Waals surface area contributed by atoms with Gasteiger partial charge >= 0.3 is 6.09 Å². The Morgan fingerprint density at radius 2 is 1.94 bits per heavy atom. The van der Waals surface area contributed by atoms with Crippen LogP contribution in [0.4, 0.5) is 13.6 Å². The molecular formula is C26H42F2N2O5. The van der Waals surface area contributed by atoms with Gasteiger partial charge in [-0.2, -0.15) is 0 Å². The molecule has 0 unspecified atom stereocenters. The Kier molecular flexibility index (Phi) is 7.82. The zero-order valence-corrected chi connectivity index (χ0v) is 21.9. The second-order valence-corrected chi connectivity index (χ2v) is 11.6. The van der Waals surface area contributed by atoms with E-state index < -0.39 is 11.5 Å². The number of hydrogen-bond acceptors (Lipinski definition) is 6. The predicted molar refractivity (Wildman–Crippen MR) is 128 cm³/mol. The van der Waals surface area contributed by atoms with Gasteiger partial charge in [-0.1, -0.05) is 11.6 Å². The van der Waals surface area contributed by atoms with Gasteiger partial charge in [0.15, 0.2) is 0 Å². The molecule has 4 rings (SSSR count). The van der Waals surface area contributed by atoms with Gasteiger partial charge in [0.25, 0.3) is 5.92 Å². The smallest absolute Gasteiger partial charge is 0.410 e. The van der Waals surface area contributed by atoms with E-state index in [2.05, 4.69) is 19.9 Å². The number of rotatable bonds is 9. The zero-order chi connectivity index (χ0) is 25.4. The number of halogens is 2. The minimum Gasteiger partial charge on any atom is -0.443 e. The van der Waals surface area contributed by atoms with Crippen molar-refractivity contribution in [2.24, 2.45) is 11.8 Å². The summed E-state index contributed by atoms with van der Waals surface area (Å²) in [4.78, 5) is 16.6. The summed E-state index contributed by atoms with van der Waals surface area (Å²) in [6.45, 7) is 11.0. The third kappa shape index (κ3) is 6.17. The molecule has 0 N–H and O–H groups in total. The maximum absolute atomic E-state index is 13.1. The van der Waals surface area contributed by atoms with Crippen molar-refractivity contribution in [3.8, 4) is 0 Å². The van der Waals surface area contributed by atoms with Crippen LogP contribution in [0.25, 0.3) is 0 Å². The number of alkyl halides is 2. The van der Waals surface area contributed by atoms with Crippen molar-refractivity contribution in [3.05, 3.63) is 11.6 Å². The average molecular weight is 501 g/mol. The van der Waals surface area contributed by atoms with Crippen LogP contribution >= 0.6 is 0 Å². The Morgan fingerprint density at radius 1 is 1.23 bits per heavy atom. The van der Waals surface area contributed by atoms with Gasteiger partial charge in [-0.15, -0.1) is 0 Å². The standard InChI is InChI=1S/C26H42F2N2O5/c1-18(2)9-13-33-24(3,4)22-21(32-5)20(6-10-25(22)17-34-25)35-23(31)30-12-8-19(14-30)7-11-29-15-26(27,28)16-29/h9,19-22H,6-8,10-17H2,1-5H3/t19-,20-,21-,22-,25+/m1/s1. The van der Waals surface area contributed by atoms with Crippen LogP contribution in [-0.4, -0.2) is 98.3 Å². The van der Waals surface area contributed by atoms with Crippen molar-refractivity contribution in [2.45, 2.75) is 82.7 Å². The van der Waals surface area contributed by atoms with Crippen molar-refractivity contribution in [1.29, 1.82) is 0 Å². The number of nitrogens with zero attached hydrogens (tertiary/aromatic N) is 2. The fourth-order valence-electron chi connectivity index (χ4n) is 6.16. The van der Waals surface area contributed by atoms with Crippen LogP contribution in [0.1, 0.15) is 53.4 Å². The minimum absolute atomic E-state index is 0.0712. The van der Waals surface area contributed by atoms with Crippen LogP contribution in [0, 0.1) is 11.8 Å². The summed E-state index contributed by atoms with van der Waals surface area (Å²) in [5.41, 5.74) is 0.383. The van der Waals surface area contributed by atoms with E-state index in [0.717, 1.165) is 19.3 Å². The third-order valence-electron chi connectivity index (χ3n) is 8.16. The van der Waals surface area contributed by atoms with Gasteiger partial charge in [0, 0.05) is 26.1 Å². The first-order valence-corrected chi connectivity index (χ1v) is 12.9. The van der Waals surface area contributed by atoms with Crippen LogP contribution in [0.5, 0.6) is 0 Å². The van der Waals surface area contributed by atoms with Crippen LogP contribution in [0.2, 0.25) is 0 Å². The van der Waals surface area contributed by atoms with Gasteiger partial charge in [-0.05, 0) is 65.8 Å². The second kappa shape index (κ2) is 10.2. The first-order valence-electron chi connectivity index (χ1n) is 12.9. The Bertz CT molecular complexity index is 789. The highest BCUT2D eigenvalue weighted by Crippen LogP contribution is 2.52. The Hall–Kier alpha value is -1.29. The molecule has 7 nitrogen and oxygen atoms in total. The average Bonchev–Trinajstić information content (AvgIpc) is 3.34. The van der Waals surface area contributed by atoms with E-state index in [1.165, 1.54) is 5.57 Å². The number of amides is 1. The molecule has 35 heavy (non-hydrogen) atoms. The largest absolute Gasteiger partial charge is 0.443 e. The molecule has 200 valence electrons. The van der Waals surface area contributed by atoms with Gasteiger partial charge in [0.2, 0.25) is 0 Å². The number of methoxy groups -OCH3 is 1. The second-order valence-electron chi connectivity index (χ2n) is 11.6. The first-order chi connectivity index (χ1) is 16.4. The van der Waals surface area contributed by atoms with Gasteiger partial charge in [0.05, 0.1) is 37.5 Å². The van der Waals surface area contributed by atoms with E-state index in [1.807, 2.05) is 13.8 Å². The quantitative estimate of drug-likeness (QED) is 0.351. The summed E-state index contributed by atoms with van der Waals surface area (Å²) in [5.74, 6) is -2.28. The number of ether oxygens (including phenoxy) is 4. The van der Waals surface area contributed by atoms with E-state index in [-0.39, 0.29) is 42.9 Å². The normalized spacial score (nSPS) is 34.5. The fourth-order valence-corrected chi connectivity index (χ4v) is 6.16. The Balaban J connectivity index is 1.32. The lowest BCUT2D eigenvalue weighted by Gasteiger charge is -2.47. The highest BCUT2D eigenvalue weighted by Gasteiger charge is 2.64. The highest BCUT2D eigenvalue weighted by atomic mass is 19.3. The fraction of sp³-hybridized carbons (Fsp3) is 0.885. The van der Waals surface area contributed by atoms with Crippen molar-refractivity contribution >= 4 is 6.09 Å². The van der Waals surface area contributed by atoms with Crippen LogP contribution in [0.3, 0.4) is 0 Å². The summed E-state index contributed by atoms with van der Waals surface area (Å²) >= 11 is 0. The van der Waals surface area contributed by atoms with E-state index in [4.69, 9.17) is 18.9 Å². The van der Waals surface area contributed by atoms with Gasteiger partial charge in [0.1, 0.15) is 12.2 Å². The molecule has 4 aliphatic rings. The van der Waals surface area contributed by atoms with Crippen LogP contribution in [-0.2, 0) is 18.9 Å². The summed E-state index contributed by atoms with van der Waals surface area (Å²) in [5, 5.41) is 0. The van der Waals surface area contributed by atoms with Gasteiger partial charge in [-0.3, -0.25) is 4.90 Å². The Morgan fingerprint density at radius 3 is 2.54 bits per heavy atom. The number of likely N-dealkylation sites (tertiary alicyclic amines) is 2.